The van der Waals surface area contributed by atoms with Crippen molar-refractivity contribution < 1.29 is 38.1 Å². The van der Waals surface area contributed by atoms with Gasteiger partial charge in [0.2, 0.25) is 0 Å². The third kappa shape index (κ3) is 3.12. The van der Waals surface area contributed by atoms with Crippen molar-refractivity contribution in [3.05, 3.63) is 64.7 Å². The van der Waals surface area contributed by atoms with Crippen LogP contribution in [0.25, 0.3) is 22.1 Å². The third-order valence-electron chi connectivity index (χ3n) is 4.34. The minimum absolute atomic E-state index is 0.0943. The Balaban J connectivity index is 1.73. The van der Waals surface area contributed by atoms with Crippen molar-refractivity contribution in [3.8, 4) is 22.6 Å². The lowest BCUT2D eigenvalue weighted by molar-refractivity contribution is 0.0699. The van der Waals surface area contributed by atoms with Crippen LogP contribution in [0.15, 0.2) is 46.2 Å². The molecule has 0 saturated carbocycles. The van der Waals surface area contributed by atoms with Gasteiger partial charge in [0.05, 0.1) is 0 Å². The number of rotatable bonds is 4. The van der Waals surface area contributed by atoms with E-state index in [2.05, 4.69) is 5.32 Å². The zero-order valence-corrected chi connectivity index (χ0v) is 15.6. The van der Waals surface area contributed by atoms with Crippen LogP contribution in [0.1, 0.15) is 20.9 Å². The number of carboxylic acid groups (broad SMARTS) is 1. The van der Waals surface area contributed by atoms with Gasteiger partial charge in [0.25, 0.3) is 5.91 Å². The normalized spacial score (nSPS) is 11.0. The number of phenolic OH excluding ortho intramolecular Hbond substituents is 2. The fraction of sp³-hybridized carbons (Fsp3) is 0. The summed E-state index contributed by atoms with van der Waals surface area (Å²) in [6, 6.07) is 7.73. The van der Waals surface area contributed by atoms with Gasteiger partial charge in [-0.15, -0.1) is 11.3 Å². The second kappa shape index (κ2) is 7.16. The highest BCUT2D eigenvalue weighted by Crippen LogP contribution is 2.39. The zero-order valence-electron chi connectivity index (χ0n) is 14.8. The lowest BCUT2D eigenvalue weighted by Gasteiger charge is -2.07. The summed E-state index contributed by atoms with van der Waals surface area (Å²) in [5.74, 6) is -6.34. The number of carboxylic acids is 1. The highest BCUT2D eigenvalue weighted by molar-refractivity contribution is 7.15. The average Bonchev–Trinajstić information content (AvgIpc) is 3.31. The lowest BCUT2D eigenvalue weighted by atomic mass is 10.0. The van der Waals surface area contributed by atoms with E-state index in [0.717, 1.165) is 23.5 Å². The van der Waals surface area contributed by atoms with Crippen LogP contribution in [0.5, 0.6) is 11.5 Å². The number of para-hydroxylation sites is 1. The Kier molecular flexibility index (Phi) is 4.63. The molecule has 0 bridgehead atoms. The Morgan fingerprint density at radius 1 is 1.07 bits per heavy atom. The van der Waals surface area contributed by atoms with Crippen LogP contribution >= 0.6 is 11.3 Å². The van der Waals surface area contributed by atoms with E-state index in [-0.39, 0.29) is 33.2 Å². The van der Waals surface area contributed by atoms with E-state index < -0.39 is 34.8 Å². The van der Waals surface area contributed by atoms with Gasteiger partial charge in [-0.3, -0.25) is 4.79 Å². The molecule has 0 aliphatic carbocycles. The van der Waals surface area contributed by atoms with E-state index in [1.165, 1.54) is 17.5 Å². The second-order valence-corrected chi connectivity index (χ2v) is 7.06. The molecule has 0 fully saturated rings. The van der Waals surface area contributed by atoms with E-state index >= 15 is 0 Å². The highest BCUT2D eigenvalue weighted by Gasteiger charge is 2.26. The number of aromatic carboxylic acids is 1. The van der Waals surface area contributed by atoms with E-state index in [1.54, 1.807) is 12.1 Å². The molecule has 2 heterocycles. The number of amides is 1. The maximum Gasteiger partial charge on any atom is 0.339 e. The molecule has 4 rings (SSSR count). The molecule has 0 spiro atoms. The van der Waals surface area contributed by atoms with Crippen LogP contribution < -0.4 is 5.32 Å². The number of phenols is 2. The summed E-state index contributed by atoms with van der Waals surface area (Å²) in [7, 11) is 0. The molecule has 7 nitrogen and oxygen atoms in total. The molecule has 0 radical (unpaired) electrons. The Morgan fingerprint density at radius 2 is 1.83 bits per heavy atom. The smallest absolute Gasteiger partial charge is 0.339 e. The fourth-order valence-electron chi connectivity index (χ4n) is 2.93. The van der Waals surface area contributed by atoms with Crippen LogP contribution in [-0.4, -0.2) is 27.2 Å². The molecule has 2 aromatic heterocycles. The van der Waals surface area contributed by atoms with Gasteiger partial charge in [-0.05, 0) is 24.3 Å². The number of fused-ring (bicyclic) bond motifs is 1. The molecule has 2 aromatic carbocycles. The zero-order chi connectivity index (χ0) is 21.6. The molecule has 152 valence electrons. The highest BCUT2D eigenvalue weighted by atomic mass is 32.1. The number of halogens is 2. The standard InChI is InChI=1S/C20H11F2NO6S/c21-11-5-4-9(15(22)16(11)25)10-7-30-19(14(10)20(27)28)23-18(26)13-6-8-2-1-3-12(24)17(8)29-13/h1-7,24-25H,(H,23,26)(H,27,28). The van der Waals surface area contributed by atoms with Crippen LogP contribution in [0, 0.1) is 11.6 Å². The molecular weight excluding hydrogens is 420 g/mol. The third-order valence-corrected chi connectivity index (χ3v) is 5.23. The van der Waals surface area contributed by atoms with Gasteiger partial charge in [-0.25, -0.2) is 13.6 Å². The quantitative estimate of drug-likeness (QED) is 0.368. The van der Waals surface area contributed by atoms with Crippen LogP contribution in [0.4, 0.5) is 13.8 Å². The van der Waals surface area contributed by atoms with E-state index in [0.29, 0.717) is 5.39 Å². The Morgan fingerprint density at radius 3 is 2.53 bits per heavy atom. The molecule has 0 unspecified atom stereocenters. The van der Waals surface area contributed by atoms with Crippen LogP contribution in [0.2, 0.25) is 0 Å². The minimum atomic E-state index is -1.47. The van der Waals surface area contributed by atoms with Gasteiger partial charge in [0.1, 0.15) is 10.6 Å². The summed E-state index contributed by atoms with van der Waals surface area (Å²) < 4.78 is 32.9. The number of anilines is 1. The average molecular weight is 431 g/mol. The van der Waals surface area contributed by atoms with Crippen molar-refractivity contribution in [2.75, 3.05) is 5.32 Å². The van der Waals surface area contributed by atoms with Crippen molar-refractivity contribution in [3.63, 3.8) is 0 Å². The van der Waals surface area contributed by atoms with Crippen LogP contribution in [-0.2, 0) is 0 Å². The number of hydrogen-bond donors (Lipinski definition) is 4. The van der Waals surface area contributed by atoms with Crippen molar-refractivity contribution in [1.82, 2.24) is 0 Å². The predicted octanol–water partition coefficient (Wildman–Crippen LogP) is 4.80. The Hall–Kier alpha value is -3.92. The van der Waals surface area contributed by atoms with Crippen LogP contribution in [0.3, 0.4) is 0 Å². The summed E-state index contributed by atoms with van der Waals surface area (Å²) >= 11 is 0.805. The maximum atomic E-state index is 14.3. The van der Waals surface area contributed by atoms with Gasteiger partial charge >= 0.3 is 5.97 Å². The van der Waals surface area contributed by atoms with Gasteiger partial charge < -0.3 is 25.1 Å². The first-order chi connectivity index (χ1) is 14.3. The second-order valence-electron chi connectivity index (χ2n) is 6.18. The summed E-state index contributed by atoms with van der Waals surface area (Å²) in [6.07, 6.45) is 0. The van der Waals surface area contributed by atoms with E-state index in [1.807, 2.05) is 0 Å². The fourth-order valence-corrected chi connectivity index (χ4v) is 3.88. The molecule has 0 atom stereocenters. The molecule has 1 amide bonds. The van der Waals surface area contributed by atoms with Gasteiger partial charge in [-0.2, -0.15) is 0 Å². The summed E-state index contributed by atoms with van der Waals surface area (Å²) in [5.41, 5.74) is -0.816. The SMILES string of the molecule is O=C(Nc1scc(-c2ccc(F)c(O)c2F)c1C(=O)O)c1cc2cccc(O)c2o1. The Bertz CT molecular complexity index is 1330. The minimum Gasteiger partial charge on any atom is -0.504 e. The maximum absolute atomic E-state index is 14.3. The number of carbonyl (C=O) groups is 2. The number of carbonyl (C=O) groups excluding carboxylic acids is 1. The molecule has 30 heavy (non-hydrogen) atoms. The van der Waals surface area contributed by atoms with Crippen molar-refractivity contribution in [1.29, 1.82) is 0 Å². The number of furan rings is 1. The summed E-state index contributed by atoms with van der Waals surface area (Å²) in [6.45, 7) is 0. The number of aromatic hydroxyl groups is 2. The molecule has 4 N–H and O–H groups in total. The van der Waals surface area contributed by atoms with E-state index in [9.17, 15) is 33.7 Å². The largest absolute Gasteiger partial charge is 0.504 e. The molecule has 0 saturated heterocycles. The number of thiophene rings is 1. The molecule has 0 aliphatic heterocycles. The van der Waals surface area contributed by atoms with Crippen molar-refractivity contribution in [2.45, 2.75) is 0 Å². The van der Waals surface area contributed by atoms with Gasteiger partial charge in [0, 0.05) is 21.9 Å². The first kappa shape index (κ1) is 19.4. The number of nitrogens with one attached hydrogen (secondary N) is 1. The lowest BCUT2D eigenvalue weighted by Crippen LogP contribution is -2.12. The molecular formula is C20H11F2NO6S. The van der Waals surface area contributed by atoms with Gasteiger partial charge in [-0.1, -0.05) is 12.1 Å². The molecule has 4 aromatic rings. The first-order valence-corrected chi connectivity index (χ1v) is 9.21. The van der Waals surface area contributed by atoms with E-state index in [4.69, 9.17) is 4.42 Å². The van der Waals surface area contributed by atoms with Crippen molar-refractivity contribution in [2.24, 2.45) is 0 Å². The number of benzene rings is 2. The topological polar surface area (TPSA) is 120 Å². The summed E-state index contributed by atoms with van der Waals surface area (Å²) in [5, 5.41) is 32.8. The van der Waals surface area contributed by atoms with Gasteiger partial charge in [0.15, 0.2) is 34.5 Å². The predicted molar refractivity (Wildman–Crippen MR) is 104 cm³/mol. The first-order valence-electron chi connectivity index (χ1n) is 8.33. The molecule has 0 aliphatic rings. The number of hydrogen-bond acceptors (Lipinski definition) is 6. The monoisotopic (exact) mass is 431 g/mol. The molecule has 10 heteroatoms. The van der Waals surface area contributed by atoms with Crippen molar-refractivity contribution >= 4 is 39.2 Å². The Labute approximate surface area is 170 Å². The summed E-state index contributed by atoms with van der Waals surface area (Å²) in [4.78, 5) is 24.3.